The van der Waals surface area contributed by atoms with Gasteiger partial charge in [0.2, 0.25) is 0 Å². The summed E-state index contributed by atoms with van der Waals surface area (Å²) in [5.41, 5.74) is 0.309. The quantitative estimate of drug-likeness (QED) is 0.598. The van der Waals surface area contributed by atoms with Crippen LogP contribution in [0, 0.1) is 10.1 Å². The van der Waals surface area contributed by atoms with Gasteiger partial charge in [0.15, 0.2) is 0 Å². The van der Waals surface area contributed by atoms with Crippen molar-refractivity contribution in [3.8, 4) is 0 Å². The van der Waals surface area contributed by atoms with Gasteiger partial charge < -0.3 is 5.32 Å². The van der Waals surface area contributed by atoms with Gasteiger partial charge in [-0.3, -0.25) is 14.9 Å². The summed E-state index contributed by atoms with van der Waals surface area (Å²) in [6.07, 6.45) is 0. The summed E-state index contributed by atoms with van der Waals surface area (Å²) in [6.45, 7) is 0. The molecular weight excluding hydrogens is 383 g/mol. The molecule has 5 nitrogen and oxygen atoms in total. The molecule has 0 aliphatic heterocycles. The highest BCUT2D eigenvalue weighted by Crippen LogP contribution is 2.28. The highest BCUT2D eigenvalue weighted by atomic mass is 79.9. The van der Waals surface area contributed by atoms with Crippen molar-refractivity contribution in [2.75, 3.05) is 5.32 Å². The molecule has 0 unspecified atom stereocenters. The first-order valence-electron chi connectivity index (χ1n) is 5.59. The number of non-ortho nitro benzene ring substituents is 1. The number of anilines is 1. The van der Waals surface area contributed by atoms with E-state index in [1.165, 1.54) is 24.3 Å². The molecule has 0 saturated heterocycles. The van der Waals surface area contributed by atoms with Crippen LogP contribution in [0.5, 0.6) is 0 Å². The van der Waals surface area contributed by atoms with Crippen molar-refractivity contribution in [2.45, 2.75) is 0 Å². The molecule has 0 aromatic heterocycles. The number of halogens is 3. The molecule has 108 valence electrons. The van der Waals surface area contributed by atoms with Gasteiger partial charge in [0.1, 0.15) is 0 Å². The molecule has 2 aromatic rings. The Bertz CT molecular complexity index is 737. The second-order valence-electron chi connectivity index (χ2n) is 4.00. The number of hydrogen-bond acceptors (Lipinski definition) is 3. The van der Waals surface area contributed by atoms with Crippen LogP contribution in [-0.2, 0) is 0 Å². The first-order chi connectivity index (χ1) is 9.88. The van der Waals surface area contributed by atoms with E-state index < -0.39 is 10.8 Å². The van der Waals surface area contributed by atoms with E-state index in [1.807, 2.05) is 0 Å². The SMILES string of the molecule is O=C(Nc1cc([N+](=O)[O-])ccc1Cl)c1ccc(Br)c(Cl)c1. The fraction of sp³-hybridized carbons (Fsp3) is 0. The summed E-state index contributed by atoms with van der Waals surface area (Å²) in [5.74, 6) is -0.466. The summed E-state index contributed by atoms with van der Waals surface area (Å²) >= 11 is 15.1. The minimum absolute atomic E-state index is 0.162. The third-order valence-corrected chi connectivity index (χ3v) is 4.15. The van der Waals surface area contributed by atoms with Gasteiger partial charge in [-0.15, -0.1) is 0 Å². The van der Waals surface area contributed by atoms with Crippen LogP contribution in [0.15, 0.2) is 40.9 Å². The lowest BCUT2D eigenvalue weighted by Gasteiger charge is -2.08. The molecule has 0 radical (unpaired) electrons. The summed E-state index contributed by atoms with van der Waals surface area (Å²) < 4.78 is 0.661. The molecule has 0 heterocycles. The van der Waals surface area contributed by atoms with Crippen LogP contribution >= 0.6 is 39.1 Å². The highest BCUT2D eigenvalue weighted by molar-refractivity contribution is 9.10. The maximum absolute atomic E-state index is 12.1. The first-order valence-corrected chi connectivity index (χ1v) is 7.13. The zero-order chi connectivity index (χ0) is 15.6. The number of nitro benzene ring substituents is 1. The fourth-order valence-electron chi connectivity index (χ4n) is 1.55. The number of carbonyl (C=O) groups excluding carboxylic acids is 1. The topological polar surface area (TPSA) is 72.2 Å². The van der Waals surface area contributed by atoms with E-state index in [9.17, 15) is 14.9 Å². The zero-order valence-electron chi connectivity index (χ0n) is 10.3. The maximum atomic E-state index is 12.1. The summed E-state index contributed by atoms with van der Waals surface area (Å²) in [4.78, 5) is 22.3. The lowest BCUT2D eigenvalue weighted by molar-refractivity contribution is -0.384. The van der Waals surface area contributed by atoms with Gasteiger partial charge in [-0.1, -0.05) is 23.2 Å². The lowest BCUT2D eigenvalue weighted by atomic mass is 10.2. The average molecular weight is 390 g/mol. The Labute approximate surface area is 138 Å². The van der Waals surface area contributed by atoms with Crippen molar-refractivity contribution in [1.82, 2.24) is 0 Å². The molecule has 0 atom stereocenters. The predicted octanol–water partition coefficient (Wildman–Crippen LogP) is 4.92. The fourth-order valence-corrected chi connectivity index (χ4v) is 2.15. The monoisotopic (exact) mass is 388 g/mol. The van der Waals surface area contributed by atoms with Gasteiger partial charge in [0.25, 0.3) is 11.6 Å². The Kier molecular flexibility index (Phi) is 4.82. The maximum Gasteiger partial charge on any atom is 0.271 e. The molecule has 0 bridgehead atoms. The highest BCUT2D eigenvalue weighted by Gasteiger charge is 2.14. The van der Waals surface area contributed by atoms with Gasteiger partial charge >= 0.3 is 0 Å². The second kappa shape index (κ2) is 6.43. The van der Waals surface area contributed by atoms with Crippen LogP contribution in [0.1, 0.15) is 10.4 Å². The second-order valence-corrected chi connectivity index (χ2v) is 5.67. The molecular formula is C13H7BrCl2N2O3. The van der Waals surface area contributed by atoms with Crippen molar-refractivity contribution >= 4 is 56.4 Å². The Balaban J connectivity index is 2.28. The molecule has 0 aliphatic rings. The van der Waals surface area contributed by atoms with E-state index in [4.69, 9.17) is 23.2 Å². The molecule has 1 amide bonds. The Hall–Kier alpha value is -1.63. The molecule has 0 saturated carbocycles. The number of nitrogens with zero attached hydrogens (tertiary/aromatic N) is 1. The average Bonchev–Trinajstić information content (AvgIpc) is 2.43. The van der Waals surface area contributed by atoms with Crippen molar-refractivity contribution < 1.29 is 9.72 Å². The summed E-state index contributed by atoms with van der Waals surface area (Å²) in [5, 5.41) is 13.8. The third-order valence-electron chi connectivity index (χ3n) is 2.59. The Morgan fingerprint density at radius 3 is 2.48 bits per heavy atom. The summed E-state index contributed by atoms with van der Waals surface area (Å²) in [7, 11) is 0. The minimum Gasteiger partial charge on any atom is -0.320 e. The lowest BCUT2D eigenvalue weighted by Crippen LogP contribution is -2.12. The van der Waals surface area contributed by atoms with Gasteiger partial charge in [-0.25, -0.2) is 0 Å². The molecule has 0 aliphatic carbocycles. The number of nitro groups is 1. The van der Waals surface area contributed by atoms with E-state index >= 15 is 0 Å². The van der Waals surface area contributed by atoms with Gasteiger partial charge in [0.05, 0.1) is 20.7 Å². The number of rotatable bonds is 3. The molecule has 2 rings (SSSR count). The van der Waals surface area contributed by atoms with E-state index in [1.54, 1.807) is 12.1 Å². The summed E-state index contributed by atoms with van der Waals surface area (Å²) in [6, 6.07) is 8.48. The van der Waals surface area contributed by atoms with Crippen molar-refractivity contribution in [3.05, 3.63) is 66.6 Å². The predicted molar refractivity (Wildman–Crippen MR) is 85.2 cm³/mol. The van der Waals surface area contributed by atoms with Crippen LogP contribution in [0.4, 0.5) is 11.4 Å². The molecule has 1 N–H and O–H groups in total. The Morgan fingerprint density at radius 1 is 1.14 bits per heavy atom. The van der Waals surface area contributed by atoms with E-state index in [2.05, 4.69) is 21.2 Å². The van der Waals surface area contributed by atoms with Gasteiger partial charge in [0, 0.05) is 22.2 Å². The van der Waals surface area contributed by atoms with E-state index in [-0.39, 0.29) is 16.4 Å². The largest absolute Gasteiger partial charge is 0.320 e. The van der Waals surface area contributed by atoms with Crippen molar-refractivity contribution in [1.29, 1.82) is 0 Å². The van der Waals surface area contributed by atoms with Crippen LogP contribution < -0.4 is 5.32 Å². The van der Waals surface area contributed by atoms with Crippen LogP contribution in [0.25, 0.3) is 0 Å². The number of carbonyl (C=O) groups is 1. The van der Waals surface area contributed by atoms with Crippen molar-refractivity contribution in [2.24, 2.45) is 0 Å². The number of nitrogens with one attached hydrogen (secondary N) is 1. The van der Waals surface area contributed by atoms with Gasteiger partial charge in [-0.05, 0) is 40.2 Å². The minimum atomic E-state index is -0.567. The van der Waals surface area contributed by atoms with Crippen molar-refractivity contribution in [3.63, 3.8) is 0 Å². The van der Waals surface area contributed by atoms with Crippen LogP contribution in [-0.4, -0.2) is 10.8 Å². The number of benzene rings is 2. The molecule has 0 spiro atoms. The Morgan fingerprint density at radius 2 is 1.86 bits per heavy atom. The first kappa shape index (κ1) is 15.8. The molecule has 21 heavy (non-hydrogen) atoms. The third kappa shape index (κ3) is 3.72. The number of hydrogen-bond donors (Lipinski definition) is 1. The standard InChI is InChI=1S/C13H7BrCl2N2O3/c14-9-3-1-7(5-11(9)16)13(19)17-12-6-8(18(20)21)2-4-10(12)15/h1-6H,(H,17,19). The smallest absolute Gasteiger partial charge is 0.271 e. The van der Waals surface area contributed by atoms with E-state index in [0.29, 0.717) is 15.1 Å². The molecule has 8 heteroatoms. The molecule has 0 fully saturated rings. The molecule has 2 aromatic carbocycles. The zero-order valence-corrected chi connectivity index (χ0v) is 13.4. The number of amides is 1. The van der Waals surface area contributed by atoms with Crippen LogP contribution in [0.2, 0.25) is 10.0 Å². The van der Waals surface area contributed by atoms with Crippen LogP contribution in [0.3, 0.4) is 0 Å². The van der Waals surface area contributed by atoms with Gasteiger partial charge in [-0.2, -0.15) is 0 Å². The van der Waals surface area contributed by atoms with E-state index in [0.717, 1.165) is 0 Å². The normalized spacial score (nSPS) is 10.2.